The maximum atomic E-state index is 10.8. The molecular weight excluding hydrogens is 220 g/mol. The minimum absolute atomic E-state index is 0.0371. The van der Waals surface area contributed by atoms with Crippen LogP contribution in [-0.4, -0.2) is 46.0 Å². The Hall–Kier alpha value is -0.790. The molecule has 0 radical (unpaired) electrons. The summed E-state index contributed by atoms with van der Waals surface area (Å²) in [5.74, 6) is -0.383. The Morgan fingerprint density at radius 1 is 1.53 bits per heavy atom. The molecule has 0 amide bonds. The van der Waals surface area contributed by atoms with Crippen LogP contribution in [0.2, 0.25) is 0 Å². The Morgan fingerprint density at radius 2 is 2.27 bits per heavy atom. The van der Waals surface area contributed by atoms with Crippen molar-refractivity contribution in [2.45, 2.75) is 25.0 Å². The van der Waals surface area contributed by atoms with Gasteiger partial charge in [-0.05, 0) is 6.42 Å². The van der Waals surface area contributed by atoms with Crippen molar-refractivity contribution in [3.63, 3.8) is 0 Å². The lowest BCUT2D eigenvalue weighted by atomic mass is 10.1. The summed E-state index contributed by atoms with van der Waals surface area (Å²) < 4.78 is 0. The quantitative estimate of drug-likeness (QED) is 0.492. The Morgan fingerprint density at radius 3 is 2.73 bits per heavy atom. The third-order valence-corrected chi connectivity index (χ3v) is 3.00. The van der Waals surface area contributed by atoms with Gasteiger partial charge in [0.15, 0.2) is 0 Å². The molecule has 0 aromatic carbocycles. The highest BCUT2D eigenvalue weighted by molar-refractivity contribution is 7.99. The molecule has 6 nitrogen and oxygen atoms in total. The van der Waals surface area contributed by atoms with Crippen LogP contribution in [0.4, 0.5) is 0 Å². The van der Waals surface area contributed by atoms with E-state index in [4.69, 9.17) is 10.2 Å². The lowest BCUT2D eigenvalue weighted by Gasteiger charge is -2.18. The van der Waals surface area contributed by atoms with Crippen molar-refractivity contribution in [3.05, 3.63) is 0 Å². The number of carboxylic acids is 2. The highest BCUT2D eigenvalue weighted by Gasteiger charge is 2.23. The molecule has 15 heavy (non-hydrogen) atoms. The molecule has 0 aliphatic carbocycles. The first-order valence-corrected chi connectivity index (χ1v) is 5.77. The van der Waals surface area contributed by atoms with Gasteiger partial charge in [0.2, 0.25) is 0 Å². The van der Waals surface area contributed by atoms with Crippen LogP contribution in [-0.2, 0) is 9.59 Å². The molecule has 0 spiro atoms. The predicted molar refractivity (Wildman–Crippen MR) is 55.7 cm³/mol. The first-order valence-electron chi connectivity index (χ1n) is 4.61. The Labute approximate surface area is 91.4 Å². The summed E-state index contributed by atoms with van der Waals surface area (Å²) in [5, 5.41) is 23.3. The highest BCUT2D eigenvalue weighted by Crippen LogP contribution is 2.09. The van der Waals surface area contributed by atoms with Gasteiger partial charge in [0.25, 0.3) is 0 Å². The molecule has 1 heterocycles. The summed E-state index contributed by atoms with van der Waals surface area (Å²) in [7, 11) is 0. The summed E-state index contributed by atoms with van der Waals surface area (Å²) in [5.41, 5.74) is 0. The molecule has 2 atom stereocenters. The average Bonchev–Trinajstić information content (AvgIpc) is 2.63. The molecule has 86 valence electrons. The molecule has 0 saturated carbocycles. The van der Waals surface area contributed by atoms with E-state index in [0.717, 1.165) is 11.6 Å². The van der Waals surface area contributed by atoms with Gasteiger partial charge in [-0.25, -0.2) is 0 Å². The van der Waals surface area contributed by atoms with Gasteiger partial charge < -0.3 is 10.2 Å². The van der Waals surface area contributed by atoms with Crippen LogP contribution >= 0.6 is 11.8 Å². The topological polar surface area (TPSA) is 98.7 Å². The molecule has 7 heteroatoms. The number of aliphatic carboxylic acids is 2. The number of nitrogens with one attached hydrogen (secondary N) is 2. The van der Waals surface area contributed by atoms with Crippen LogP contribution in [0.1, 0.15) is 12.8 Å². The minimum atomic E-state index is -1.00. The summed E-state index contributed by atoms with van der Waals surface area (Å²) in [4.78, 5) is 21.1. The third-order valence-electron chi connectivity index (χ3n) is 2.06. The van der Waals surface area contributed by atoms with Crippen LogP contribution in [0, 0.1) is 0 Å². The molecule has 1 aliphatic rings. The first kappa shape index (κ1) is 12.3. The van der Waals surface area contributed by atoms with E-state index >= 15 is 0 Å². The van der Waals surface area contributed by atoms with Crippen LogP contribution in [0.25, 0.3) is 0 Å². The first-order chi connectivity index (χ1) is 7.09. The van der Waals surface area contributed by atoms with Crippen molar-refractivity contribution in [1.82, 2.24) is 10.6 Å². The van der Waals surface area contributed by atoms with Crippen LogP contribution in [0.5, 0.6) is 0 Å². The normalized spacial score (nSPS) is 22.5. The van der Waals surface area contributed by atoms with Crippen molar-refractivity contribution in [1.29, 1.82) is 0 Å². The van der Waals surface area contributed by atoms with Crippen LogP contribution in [0.15, 0.2) is 0 Å². The Bertz CT molecular complexity index is 243. The summed E-state index contributed by atoms with van der Waals surface area (Å²) in [6.45, 7) is 0. The van der Waals surface area contributed by atoms with E-state index in [-0.39, 0.29) is 19.0 Å². The average molecular weight is 234 g/mol. The monoisotopic (exact) mass is 234 g/mol. The Balaban J connectivity index is 2.35. The van der Waals surface area contributed by atoms with Gasteiger partial charge >= 0.3 is 11.9 Å². The van der Waals surface area contributed by atoms with Gasteiger partial charge in [0.05, 0.1) is 6.17 Å². The number of rotatable bonds is 6. The lowest BCUT2D eigenvalue weighted by molar-refractivity contribution is -0.141. The molecule has 1 aliphatic heterocycles. The summed E-state index contributed by atoms with van der Waals surface area (Å²) in [6.07, 6.45) is -0.0675. The second-order valence-electron chi connectivity index (χ2n) is 3.26. The summed E-state index contributed by atoms with van der Waals surface area (Å²) in [6, 6.07) is -0.794. The Kier molecular flexibility index (Phi) is 4.86. The highest BCUT2D eigenvalue weighted by atomic mass is 32.2. The second-order valence-corrected chi connectivity index (χ2v) is 4.29. The molecule has 2 unspecified atom stereocenters. The van der Waals surface area contributed by atoms with Crippen molar-refractivity contribution in [2.24, 2.45) is 0 Å². The van der Waals surface area contributed by atoms with E-state index < -0.39 is 18.0 Å². The molecule has 1 fully saturated rings. The largest absolute Gasteiger partial charge is 0.481 e. The predicted octanol–water partition coefficient (Wildman–Crippen LogP) is -0.486. The molecule has 0 aromatic rings. The van der Waals surface area contributed by atoms with Gasteiger partial charge in [-0.3, -0.25) is 20.2 Å². The molecule has 4 N–H and O–H groups in total. The number of carboxylic acid groups (broad SMARTS) is 2. The zero-order chi connectivity index (χ0) is 11.3. The molecule has 1 rings (SSSR count). The SMILES string of the molecule is O=C(O)CCC(NC1CSCN1)C(=O)O. The van der Waals surface area contributed by atoms with E-state index in [1.54, 1.807) is 11.8 Å². The van der Waals surface area contributed by atoms with Crippen molar-refractivity contribution >= 4 is 23.7 Å². The van der Waals surface area contributed by atoms with Gasteiger partial charge in [-0.15, -0.1) is 11.8 Å². The lowest BCUT2D eigenvalue weighted by Crippen LogP contribution is -2.49. The van der Waals surface area contributed by atoms with Gasteiger partial charge in [0, 0.05) is 18.1 Å². The molecule has 0 bridgehead atoms. The van der Waals surface area contributed by atoms with Gasteiger partial charge in [-0.2, -0.15) is 0 Å². The second kappa shape index (κ2) is 5.94. The number of thioether (sulfide) groups is 1. The van der Waals surface area contributed by atoms with Crippen molar-refractivity contribution < 1.29 is 19.8 Å². The van der Waals surface area contributed by atoms with E-state index in [9.17, 15) is 9.59 Å². The fourth-order valence-corrected chi connectivity index (χ4v) is 2.18. The van der Waals surface area contributed by atoms with E-state index in [1.807, 2.05) is 0 Å². The van der Waals surface area contributed by atoms with Crippen molar-refractivity contribution in [3.8, 4) is 0 Å². The van der Waals surface area contributed by atoms with E-state index in [1.165, 1.54) is 0 Å². The minimum Gasteiger partial charge on any atom is -0.481 e. The fourth-order valence-electron chi connectivity index (χ4n) is 1.29. The number of hydrogen-bond acceptors (Lipinski definition) is 5. The van der Waals surface area contributed by atoms with Crippen LogP contribution < -0.4 is 10.6 Å². The van der Waals surface area contributed by atoms with Crippen LogP contribution in [0.3, 0.4) is 0 Å². The van der Waals surface area contributed by atoms with E-state index in [2.05, 4.69) is 10.6 Å². The maximum Gasteiger partial charge on any atom is 0.320 e. The standard InChI is InChI=1S/C8H14N2O4S/c11-7(12)2-1-5(8(13)14)10-6-3-15-4-9-6/h5-6,9-10H,1-4H2,(H,11,12)(H,13,14). The van der Waals surface area contributed by atoms with Gasteiger partial charge in [0.1, 0.15) is 6.04 Å². The van der Waals surface area contributed by atoms with Gasteiger partial charge in [-0.1, -0.05) is 0 Å². The fraction of sp³-hybridized carbons (Fsp3) is 0.750. The third kappa shape index (κ3) is 4.50. The zero-order valence-electron chi connectivity index (χ0n) is 8.10. The number of hydrogen-bond donors (Lipinski definition) is 4. The summed E-state index contributed by atoms with van der Waals surface area (Å²) >= 11 is 1.68. The number of carbonyl (C=O) groups is 2. The molecular formula is C8H14N2O4S. The molecule has 1 saturated heterocycles. The van der Waals surface area contributed by atoms with E-state index in [0.29, 0.717) is 0 Å². The zero-order valence-corrected chi connectivity index (χ0v) is 8.92. The molecule has 0 aromatic heterocycles. The smallest absolute Gasteiger partial charge is 0.320 e. The van der Waals surface area contributed by atoms with Crippen molar-refractivity contribution in [2.75, 3.05) is 11.6 Å². The maximum absolute atomic E-state index is 10.8.